The van der Waals surface area contributed by atoms with Crippen LogP contribution in [-0.4, -0.2) is 0 Å². The van der Waals surface area contributed by atoms with E-state index in [1.807, 2.05) is 0 Å². The predicted octanol–water partition coefficient (Wildman–Crippen LogP) is 4.60. The van der Waals surface area contributed by atoms with Crippen LogP contribution in [0.3, 0.4) is 0 Å². The smallest absolute Gasteiger partial charge is 0.0238 e. The van der Waals surface area contributed by atoms with E-state index in [0.29, 0.717) is 5.41 Å². The quantitative estimate of drug-likeness (QED) is 0.616. The summed E-state index contributed by atoms with van der Waals surface area (Å²) < 4.78 is 0. The molecule has 0 aromatic heterocycles. The lowest BCUT2D eigenvalue weighted by Crippen LogP contribution is -2.24. The van der Waals surface area contributed by atoms with Crippen molar-refractivity contribution in [2.45, 2.75) is 54.9 Å². The molecule has 0 N–H and O–H groups in total. The topological polar surface area (TPSA) is 0 Å². The minimum Gasteiger partial charge on any atom is -0.0651 e. The van der Waals surface area contributed by atoms with Gasteiger partial charge in [-0.3, -0.25) is 0 Å². The van der Waals surface area contributed by atoms with Crippen molar-refractivity contribution in [3.8, 4) is 0 Å². The summed E-state index contributed by atoms with van der Waals surface area (Å²) in [4.78, 5) is 0. The summed E-state index contributed by atoms with van der Waals surface area (Å²) in [5, 5.41) is 0. The highest BCUT2D eigenvalue weighted by molar-refractivity contribution is 5.08. The van der Waals surface area contributed by atoms with E-state index in [2.05, 4.69) is 48.5 Å². The molecule has 5 unspecified atom stereocenters. The molecule has 1 rings (SSSR count). The molecule has 0 aromatic rings. The van der Waals surface area contributed by atoms with E-state index in [1.165, 1.54) is 6.42 Å². The number of rotatable bonds is 4. The van der Waals surface area contributed by atoms with Crippen molar-refractivity contribution in [2.75, 3.05) is 0 Å². The SMILES string of the molecule is CCC1C(C)C1(C)C(C)C(C)C(C)C. The van der Waals surface area contributed by atoms with Crippen molar-refractivity contribution < 1.29 is 0 Å². The van der Waals surface area contributed by atoms with Gasteiger partial charge in [0.1, 0.15) is 0 Å². The highest BCUT2D eigenvalue weighted by Crippen LogP contribution is 2.66. The zero-order valence-corrected chi connectivity index (χ0v) is 11.1. The van der Waals surface area contributed by atoms with Gasteiger partial charge >= 0.3 is 0 Å². The highest BCUT2D eigenvalue weighted by atomic mass is 14.6. The lowest BCUT2D eigenvalue weighted by Gasteiger charge is -2.30. The fourth-order valence-electron chi connectivity index (χ4n) is 3.55. The van der Waals surface area contributed by atoms with Crippen molar-refractivity contribution in [3.05, 3.63) is 0 Å². The van der Waals surface area contributed by atoms with Crippen molar-refractivity contribution in [2.24, 2.45) is 35.0 Å². The number of hydrogen-bond donors (Lipinski definition) is 0. The molecule has 5 atom stereocenters. The Balaban J connectivity index is 2.66. The average molecular weight is 196 g/mol. The van der Waals surface area contributed by atoms with Crippen LogP contribution in [0.15, 0.2) is 0 Å². The van der Waals surface area contributed by atoms with Gasteiger partial charge in [-0.05, 0) is 35.0 Å². The average Bonchev–Trinajstić information content (AvgIpc) is 2.67. The first kappa shape index (κ1) is 12.1. The Morgan fingerprint density at radius 1 is 1.14 bits per heavy atom. The number of hydrogen-bond acceptors (Lipinski definition) is 0. The molecule has 0 aromatic carbocycles. The van der Waals surface area contributed by atoms with E-state index in [9.17, 15) is 0 Å². The van der Waals surface area contributed by atoms with Gasteiger partial charge in [0.05, 0.1) is 0 Å². The molecule has 84 valence electrons. The molecule has 1 fully saturated rings. The van der Waals surface area contributed by atoms with Gasteiger partial charge in [-0.15, -0.1) is 0 Å². The Labute approximate surface area is 90.5 Å². The molecule has 0 aliphatic heterocycles. The maximum absolute atomic E-state index is 2.51. The van der Waals surface area contributed by atoms with Gasteiger partial charge < -0.3 is 0 Å². The second kappa shape index (κ2) is 3.87. The first-order valence-electron chi connectivity index (χ1n) is 6.37. The van der Waals surface area contributed by atoms with Crippen LogP contribution < -0.4 is 0 Å². The molecule has 0 bridgehead atoms. The third-order valence-electron chi connectivity index (χ3n) is 5.54. The fraction of sp³-hybridized carbons (Fsp3) is 1.00. The molecule has 1 aliphatic rings. The van der Waals surface area contributed by atoms with E-state index in [4.69, 9.17) is 0 Å². The molecule has 0 spiro atoms. The highest BCUT2D eigenvalue weighted by Gasteiger charge is 2.60. The Morgan fingerprint density at radius 3 is 1.93 bits per heavy atom. The van der Waals surface area contributed by atoms with Crippen LogP contribution in [0, 0.1) is 35.0 Å². The summed E-state index contributed by atoms with van der Waals surface area (Å²) in [6.07, 6.45) is 1.37. The molecule has 0 heterocycles. The van der Waals surface area contributed by atoms with Gasteiger partial charge in [0.2, 0.25) is 0 Å². The van der Waals surface area contributed by atoms with Gasteiger partial charge in [0.25, 0.3) is 0 Å². The van der Waals surface area contributed by atoms with Crippen molar-refractivity contribution >= 4 is 0 Å². The molecule has 0 radical (unpaired) electrons. The minimum atomic E-state index is 0.637. The Morgan fingerprint density at radius 2 is 1.64 bits per heavy atom. The summed E-state index contributed by atoms with van der Waals surface area (Å²) in [7, 11) is 0. The van der Waals surface area contributed by atoms with Crippen LogP contribution in [0.1, 0.15) is 54.9 Å². The Hall–Kier alpha value is 0. The van der Waals surface area contributed by atoms with Crippen molar-refractivity contribution in [1.29, 1.82) is 0 Å². The second-order valence-electron chi connectivity index (χ2n) is 6.06. The van der Waals surface area contributed by atoms with Crippen LogP contribution in [0.5, 0.6) is 0 Å². The third-order valence-corrected chi connectivity index (χ3v) is 5.54. The van der Waals surface area contributed by atoms with E-state index < -0.39 is 0 Å². The summed E-state index contributed by atoms with van der Waals surface area (Å²) in [6, 6.07) is 0. The van der Waals surface area contributed by atoms with E-state index in [1.54, 1.807) is 0 Å². The monoisotopic (exact) mass is 196 g/mol. The zero-order chi connectivity index (χ0) is 11.1. The molecule has 0 heteroatoms. The molecule has 14 heavy (non-hydrogen) atoms. The zero-order valence-electron chi connectivity index (χ0n) is 11.1. The van der Waals surface area contributed by atoms with Gasteiger partial charge in [-0.1, -0.05) is 54.9 Å². The molecular weight excluding hydrogens is 168 g/mol. The first-order chi connectivity index (χ1) is 6.37. The Bertz CT molecular complexity index is 194. The van der Waals surface area contributed by atoms with Crippen LogP contribution in [0.4, 0.5) is 0 Å². The van der Waals surface area contributed by atoms with Gasteiger partial charge in [0, 0.05) is 0 Å². The van der Waals surface area contributed by atoms with Crippen LogP contribution in [0.2, 0.25) is 0 Å². The summed E-state index contributed by atoms with van der Waals surface area (Å²) in [6.45, 7) is 16.9. The Kier molecular flexibility index (Phi) is 3.33. The fourth-order valence-corrected chi connectivity index (χ4v) is 3.55. The normalized spacial score (nSPS) is 41.1. The standard InChI is InChI=1S/C14H28/c1-8-13-12(6)14(13,7)11(5)10(4)9(2)3/h9-13H,8H2,1-7H3. The van der Waals surface area contributed by atoms with E-state index >= 15 is 0 Å². The minimum absolute atomic E-state index is 0.637. The summed E-state index contributed by atoms with van der Waals surface area (Å²) >= 11 is 0. The summed E-state index contributed by atoms with van der Waals surface area (Å²) in [5.74, 6) is 4.50. The van der Waals surface area contributed by atoms with Gasteiger partial charge in [-0.25, -0.2) is 0 Å². The lowest BCUT2D eigenvalue weighted by atomic mass is 9.75. The third kappa shape index (κ3) is 1.61. The van der Waals surface area contributed by atoms with Crippen molar-refractivity contribution in [3.63, 3.8) is 0 Å². The van der Waals surface area contributed by atoms with Crippen LogP contribution in [0.25, 0.3) is 0 Å². The van der Waals surface area contributed by atoms with E-state index in [-0.39, 0.29) is 0 Å². The summed E-state index contributed by atoms with van der Waals surface area (Å²) in [5.41, 5.74) is 0.637. The first-order valence-corrected chi connectivity index (χ1v) is 6.37. The molecule has 1 aliphatic carbocycles. The molecule has 0 nitrogen and oxygen atoms in total. The van der Waals surface area contributed by atoms with E-state index in [0.717, 1.165) is 29.6 Å². The molecule has 1 saturated carbocycles. The van der Waals surface area contributed by atoms with Crippen LogP contribution in [-0.2, 0) is 0 Å². The largest absolute Gasteiger partial charge is 0.0651 e. The van der Waals surface area contributed by atoms with Gasteiger partial charge in [-0.2, -0.15) is 0 Å². The molecule has 0 saturated heterocycles. The lowest BCUT2D eigenvalue weighted by molar-refractivity contribution is 0.183. The second-order valence-corrected chi connectivity index (χ2v) is 6.06. The molecular formula is C14H28. The van der Waals surface area contributed by atoms with Gasteiger partial charge in [0.15, 0.2) is 0 Å². The molecule has 0 amide bonds. The maximum Gasteiger partial charge on any atom is -0.0238 e. The van der Waals surface area contributed by atoms with Crippen LogP contribution >= 0.6 is 0 Å². The maximum atomic E-state index is 2.51. The van der Waals surface area contributed by atoms with Crippen molar-refractivity contribution in [1.82, 2.24) is 0 Å². The predicted molar refractivity (Wildman–Crippen MR) is 64.2 cm³/mol.